The van der Waals surface area contributed by atoms with Gasteiger partial charge in [0, 0.05) is 13.1 Å². The zero-order chi connectivity index (χ0) is 23.7. The Kier molecular flexibility index (Phi) is 5.59. The van der Waals surface area contributed by atoms with E-state index < -0.39 is 5.91 Å². The summed E-state index contributed by atoms with van der Waals surface area (Å²) >= 11 is 0. The lowest BCUT2D eigenvalue weighted by atomic mass is 10.2. The van der Waals surface area contributed by atoms with Crippen molar-refractivity contribution >= 4 is 17.6 Å². The highest BCUT2D eigenvalue weighted by Crippen LogP contribution is 2.35. The number of piperazine rings is 1. The number of nitrogens with two attached hydrogens (primary N) is 1. The number of carbonyl (C=O) groups excluding carboxylic acids is 2. The predicted octanol–water partition coefficient (Wildman–Crippen LogP) is 3.14. The summed E-state index contributed by atoms with van der Waals surface area (Å²) in [5.74, 6) is 1.62. The fourth-order valence-corrected chi connectivity index (χ4v) is 4.39. The summed E-state index contributed by atoms with van der Waals surface area (Å²) in [6.45, 7) is 4.79. The van der Waals surface area contributed by atoms with Crippen LogP contribution in [-0.4, -0.2) is 51.9 Å². The Hall–Kier alpha value is -4.40. The number of nitrogens with zero attached hydrogens (tertiary/aromatic N) is 4. The van der Waals surface area contributed by atoms with Gasteiger partial charge in [0.2, 0.25) is 5.91 Å². The first-order chi connectivity index (χ1) is 16.5. The molecule has 3 heterocycles. The van der Waals surface area contributed by atoms with Crippen LogP contribution in [0.5, 0.6) is 23.1 Å². The van der Waals surface area contributed by atoms with E-state index in [0.717, 1.165) is 12.2 Å². The second-order valence-electron chi connectivity index (χ2n) is 8.13. The second-order valence-corrected chi connectivity index (χ2v) is 8.13. The van der Waals surface area contributed by atoms with Gasteiger partial charge in [0.05, 0.1) is 18.3 Å². The van der Waals surface area contributed by atoms with Crippen LogP contribution in [0.3, 0.4) is 0 Å². The fraction of sp³-hybridized carbons (Fsp3) is 0.200. The number of fused-ring (bicyclic) bond motifs is 2. The van der Waals surface area contributed by atoms with Gasteiger partial charge in [0.15, 0.2) is 11.5 Å². The number of rotatable bonds is 7. The van der Waals surface area contributed by atoms with Crippen LogP contribution < -0.4 is 20.1 Å². The molecule has 9 nitrogen and oxygen atoms in total. The van der Waals surface area contributed by atoms with Crippen molar-refractivity contribution in [2.75, 3.05) is 18.0 Å². The highest BCUT2D eigenvalue weighted by molar-refractivity contribution is 5.93. The molecule has 2 N–H and O–H groups in total. The van der Waals surface area contributed by atoms with Crippen molar-refractivity contribution in [3.63, 3.8) is 0 Å². The van der Waals surface area contributed by atoms with E-state index in [2.05, 4.69) is 21.4 Å². The first-order valence-electron chi connectivity index (χ1n) is 10.9. The summed E-state index contributed by atoms with van der Waals surface area (Å²) in [5, 5.41) is 0. The number of benzene rings is 2. The van der Waals surface area contributed by atoms with Crippen LogP contribution in [0.1, 0.15) is 16.9 Å². The van der Waals surface area contributed by atoms with Gasteiger partial charge in [0.1, 0.15) is 17.2 Å². The Balaban J connectivity index is 1.34. The molecule has 34 heavy (non-hydrogen) atoms. The molecule has 172 valence electrons. The molecule has 9 heteroatoms. The van der Waals surface area contributed by atoms with E-state index >= 15 is 0 Å². The molecule has 2 atom stereocenters. The molecule has 2 aromatic carbocycles. The van der Waals surface area contributed by atoms with Gasteiger partial charge in [-0.3, -0.25) is 9.59 Å². The topological polar surface area (TPSA) is 111 Å². The first kappa shape index (κ1) is 21.4. The minimum absolute atomic E-state index is 0.0310. The number of ether oxygens (including phenoxy) is 2. The summed E-state index contributed by atoms with van der Waals surface area (Å²) in [5.41, 5.74) is 5.45. The molecular formula is C25H23N5O4. The number of hydrogen-bond donors (Lipinski definition) is 1. The molecule has 2 bridgehead atoms. The fourth-order valence-electron chi connectivity index (χ4n) is 4.39. The summed E-state index contributed by atoms with van der Waals surface area (Å²) in [7, 11) is 0. The van der Waals surface area contributed by atoms with Gasteiger partial charge in [-0.05, 0) is 48.9 Å². The molecule has 0 aliphatic carbocycles. The average molecular weight is 457 g/mol. The third kappa shape index (κ3) is 4.15. The highest BCUT2D eigenvalue weighted by atomic mass is 16.5. The Labute approximate surface area is 196 Å². The van der Waals surface area contributed by atoms with Gasteiger partial charge in [-0.15, -0.1) is 0 Å². The number of carbonyl (C=O) groups is 2. The van der Waals surface area contributed by atoms with E-state index in [-0.39, 0.29) is 29.6 Å². The van der Waals surface area contributed by atoms with E-state index in [1.807, 2.05) is 35.2 Å². The summed E-state index contributed by atoms with van der Waals surface area (Å²) in [6, 6.07) is 16.6. The Bertz CT molecular complexity index is 1230. The molecule has 0 radical (unpaired) electrons. The summed E-state index contributed by atoms with van der Waals surface area (Å²) < 4.78 is 11.7. The maximum atomic E-state index is 12.0. The number of para-hydroxylation sites is 1. The van der Waals surface area contributed by atoms with Crippen molar-refractivity contribution in [2.45, 2.75) is 18.5 Å². The van der Waals surface area contributed by atoms with Gasteiger partial charge >= 0.3 is 0 Å². The van der Waals surface area contributed by atoms with Crippen LogP contribution >= 0.6 is 0 Å². The van der Waals surface area contributed by atoms with Crippen molar-refractivity contribution < 1.29 is 19.1 Å². The summed E-state index contributed by atoms with van der Waals surface area (Å²) in [4.78, 5) is 36.7. The largest absolute Gasteiger partial charge is 0.457 e. The van der Waals surface area contributed by atoms with E-state index in [1.54, 1.807) is 24.3 Å². The number of amides is 2. The number of anilines is 1. The molecule has 2 saturated heterocycles. The predicted molar refractivity (Wildman–Crippen MR) is 125 cm³/mol. The smallest absolute Gasteiger partial charge is 0.272 e. The third-order valence-electron chi connectivity index (χ3n) is 5.97. The van der Waals surface area contributed by atoms with Crippen LogP contribution in [0, 0.1) is 0 Å². The molecule has 2 aliphatic heterocycles. The zero-order valence-electron chi connectivity index (χ0n) is 18.3. The monoisotopic (exact) mass is 457 g/mol. The first-order valence-corrected chi connectivity index (χ1v) is 10.9. The normalized spacial score (nSPS) is 18.6. The lowest BCUT2D eigenvalue weighted by Gasteiger charge is -2.34. The van der Waals surface area contributed by atoms with Crippen molar-refractivity contribution in [2.24, 2.45) is 5.73 Å². The maximum Gasteiger partial charge on any atom is 0.272 e. The minimum atomic E-state index is -0.733. The molecule has 0 spiro atoms. The quantitative estimate of drug-likeness (QED) is 0.543. The number of aromatic nitrogens is 2. The molecule has 2 aliphatic rings. The molecule has 2 amide bonds. The SMILES string of the molecule is C=CC(=O)N1CC2CC1CN2c1cnc(C(N)=O)c(Oc2ccc(Oc3ccccc3)cc2)n1. The van der Waals surface area contributed by atoms with Gasteiger partial charge in [-0.2, -0.15) is 4.98 Å². The lowest BCUT2D eigenvalue weighted by Crippen LogP contribution is -2.48. The molecule has 0 saturated carbocycles. The standard InChI is InChI=1S/C25H23N5O4/c1-2-22(31)30-15-16-12-17(30)14-29(16)21-13-27-23(24(26)32)25(28-21)34-20-10-8-19(9-11-20)33-18-6-4-3-5-7-18/h2-11,13,16-17H,1,12,14-15H2,(H2,26,32). The lowest BCUT2D eigenvalue weighted by molar-refractivity contribution is -0.127. The molecule has 2 unspecified atom stereocenters. The number of primary amides is 1. The number of likely N-dealkylation sites (tertiary alicyclic amines) is 1. The minimum Gasteiger partial charge on any atom is -0.457 e. The van der Waals surface area contributed by atoms with Gasteiger partial charge < -0.3 is 25.0 Å². The van der Waals surface area contributed by atoms with Gasteiger partial charge in [0.25, 0.3) is 11.8 Å². The van der Waals surface area contributed by atoms with Crippen molar-refractivity contribution in [1.29, 1.82) is 0 Å². The zero-order valence-corrected chi connectivity index (χ0v) is 18.3. The molecular weight excluding hydrogens is 434 g/mol. The molecule has 5 rings (SSSR count). The van der Waals surface area contributed by atoms with Crippen molar-refractivity contribution in [1.82, 2.24) is 14.9 Å². The Morgan fingerprint density at radius 3 is 2.26 bits per heavy atom. The third-order valence-corrected chi connectivity index (χ3v) is 5.97. The average Bonchev–Trinajstić information content (AvgIpc) is 3.47. The van der Waals surface area contributed by atoms with E-state index in [9.17, 15) is 9.59 Å². The van der Waals surface area contributed by atoms with Crippen LogP contribution in [0.4, 0.5) is 5.82 Å². The van der Waals surface area contributed by atoms with Crippen molar-refractivity contribution in [3.8, 4) is 23.1 Å². The van der Waals surface area contributed by atoms with E-state index in [0.29, 0.717) is 30.4 Å². The Morgan fingerprint density at radius 2 is 1.65 bits per heavy atom. The van der Waals surface area contributed by atoms with Gasteiger partial charge in [-0.1, -0.05) is 24.8 Å². The Morgan fingerprint density at radius 1 is 0.971 bits per heavy atom. The van der Waals surface area contributed by atoms with Crippen LogP contribution in [0.2, 0.25) is 0 Å². The van der Waals surface area contributed by atoms with Crippen molar-refractivity contribution in [3.05, 3.63) is 79.1 Å². The van der Waals surface area contributed by atoms with Crippen LogP contribution in [0.25, 0.3) is 0 Å². The molecule has 2 fully saturated rings. The van der Waals surface area contributed by atoms with E-state index in [1.165, 1.54) is 12.3 Å². The highest BCUT2D eigenvalue weighted by Gasteiger charge is 2.45. The van der Waals surface area contributed by atoms with Crippen LogP contribution in [-0.2, 0) is 4.79 Å². The second kappa shape index (κ2) is 8.86. The number of hydrogen-bond acceptors (Lipinski definition) is 7. The van der Waals surface area contributed by atoms with E-state index in [4.69, 9.17) is 15.2 Å². The molecule has 3 aromatic rings. The van der Waals surface area contributed by atoms with Crippen LogP contribution in [0.15, 0.2) is 73.4 Å². The van der Waals surface area contributed by atoms with Gasteiger partial charge in [-0.25, -0.2) is 4.98 Å². The maximum absolute atomic E-state index is 12.0. The summed E-state index contributed by atoms with van der Waals surface area (Å²) in [6.07, 6.45) is 3.70. The molecule has 1 aromatic heterocycles.